The van der Waals surface area contributed by atoms with Crippen molar-refractivity contribution in [3.05, 3.63) is 16.1 Å². The van der Waals surface area contributed by atoms with E-state index in [0.29, 0.717) is 35.9 Å². The molecule has 0 amide bonds. The van der Waals surface area contributed by atoms with Crippen molar-refractivity contribution in [1.82, 2.24) is 25.4 Å². The summed E-state index contributed by atoms with van der Waals surface area (Å²) in [5, 5.41) is 8.06. The topological polar surface area (TPSA) is 55.8 Å². The second-order valence-corrected chi connectivity index (χ2v) is 8.35. The van der Waals surface area contributed by atoms with Gasteiger partial charge in [0.1, 0.15) is 0 Å². The van der Waals surface area contributed by atoms with Gasteiger partial charge in [-0.15, -0.1) is 35.3 Å². The summed E-state index contributed by atoms with van der Waals surface area (Å²) >= 11 is 1.03. The highest BCUT2D eigenvalue weighted by molar-refractivity contribution is 14.0. The van der Waals surface area contributed by atoms with Crippen LogP contribution >= 0.6 is 35.3 Å². The molecule has 0 radical (unpaired) electrons. The molecule has 0 saturated carbocycles. The highest BCUT2D eigenvalue weighted by atomic mass is 127. The zero-order chi connectivity index (χ0) is 20.7. The van der Waals surface area contributed by atoms with Crippen LogP contribution in [-0.2, 0) is 12.6 Å². The molecule has 168 valence electrons. The number of thiazole rings is 1. The maximum atomic E-state index is 12.6. The number of alkyl halides is 3. The van der Waals surface area contributed by atoms with Crippen molar-refractivity contribution in [1.29, 1.82) is 0 Å². The lowest BCUT2D eigenvalue weighted by molar-refractivity contribution is -0.140. The molecular formula is C18H32F3IN6S. The Morgan fingerprint density at radius 1 is 1.24 bits per heavy atom. The fourth-order valence-corrected chi connectivity index (χ4v) is 4.01. The van der Waals surface area contributed by atoms with Crippen molar-refractivity contribution >= 4 is 41.3 Å². The summed E-state index contributed by atoms with van der Waals surface area (Å²) in [6, 6.07) is 0.403. The lowest BCUT2D eigenvalue weighted by Crippen LogP contribution is -2.55. The number of nitrogens with one attached hydrogen (secondary N) is 2. The SMILES string of the molecule is CN=C(NCCc1nc(C(F)(F)F)cs1)NCC(C(C)C)N1CCN(C)CC1.I. The zero-order valence-corrected chi connectivity index (χ0v) is 20.6. The van der Waals surface area contributed by atoms with Gasteiger partial charge in [0.15, 0.2) is 11.7 Å². The van der Waals surface area contributed by atoms with Crippen molar-refractivity contribution in [3.63, 3.8) is 0 Å². The Labute approximate surface area is 192 Å². The number of hydrogen-bond donors (Lipinski definition) is 2. The van der Waals surface area contributed by atoms with E-state index in [2.05, 4.69) is 51.3 Å². The van der Waals surface area contributed by atoms with E-state index in [0.717, 1.165) is 49.4 Å². The molecule has 0 spiro atoms. The number of aliphatic imine (C=N–C) groups is 1. The molecule has 1 aromatic rings. The predicted octanol–water partition coefficient (Wildman–Crippen LogP) is 2.76. The van der Waals surface area contributed by atoms with Gasteiger partial charge in [0.25, 0.3) is 0 Å². The van der Waals surface area contributed by atoms with E-state index in [1.54, 1.807) is 7.05 Å². The number of aromatic nitrogens is 1. The molecule has 11 heteroatoms. The molecule has 0 bridgehead atoms. The van der Waals surface area contributed by atoms with Gasteiger partial charge in [-0.05, 0) is 13.0 Å². The van der Waals surface area contributed by atoms with E-state index in [1.165, 1.54) is 0 Å². The first-order valence-electron chi connectivity index (χ1n) is 9.59. The maximum absolute atomic E-state index is 12.6. The minimum atomic E-state index is -4.38. The van der Waals surface area contributed by atoms with Crippen LogP contribution < -0.4 is 10.6 Å². The van der Waals surface area contributed by atoms with Gasteiger partial charge in [0.05, 0.1) is 5.01 Å². The molecule has 2 N–H and O–H groups in total. The normalized spacial score (nSPS) is 17.9. The predicted molar refractivity (Wildman–Crippen MR) is 123 cm³/mol. The second-order valence-electron chi connectivity index (χ2n) is 7.40. The molecule has 1 fully saturated rings. The first-order chi connectivity index (χ1) is 13.2. The van der Waals surface area contributed by atoms with Gasteiger partial charge < -0.3 is 15.5 Å². The number of guanidine groups is 1. The van der Waals surface area contributed by atoms with E-state index in [4.69, 9.17) is 0 Å². The summed E-state index contributed by atoms with van der Waals surface area (Å²) in [7, 11) is 3.84. The Hall–Kier alpha value is -0.660. The first kappa shape index (κ1) is 26.4. The third-order valence-corrected chi connectivity index (χ3v) is 5.86. The molecule has 2 rings (SSSR count). The fourth-order valence-electron chi connectivity index (χ4n) is 3.21. The molecular weight excluding hydrogens is 516 g/mol. The van der Waals surface area contributed by atoms with Gasteiger partial charge >= 0.3 is 6.18 Å². The summed E-state index contributed by atoms with van der Waals surface area (Å²) in [4.78, 5) is 12.7. The number of rotatable bonds is 7. The Kier molecular flexibility index (Phi) is 11.1. The molecule has 6 nitrogen and oxygen atoms in total. The largest absolute Gasteiger partial charge is 0.434 e. The molecule has 1 aliphatic heterocycles. The van der Waals surface area contributed by atoms with Crippen LogP contribution in [0.3, 0.4) is 0 Å². The number of piperazine rings is 1. The van der Waals surface area contributed by atoms with Crippen molar-refractivity contribution in [2.45, 2.75) is 32.5 Å². The first-order valence-corrected chi connectivity index (χ1v) is 10.5. The molecule has 1 aromatic heterocycles. The smallest absolute Gasteiger partial charge is 0.356 e. The number of hydrogen-bond acceptors (Lipinski definition) is 5. The van der Waals surface area contributed by atoms with Gasteiger partial charge in [0.2, 0.25) is 0 Å². The van der Waals surface area contributed by atoms with Crippen molar-refractivity contribution in [2.75, 3.05) is 53.4 Å². The Bertz CT molecular complexity index is 629. The monoisotopic (exact) mass is 548 g/mol. The van der Waals surface area contributed by atoms with Crippen LogP contribution in [0.15, 0.2) is 10.4 Å². The summed E-state index contributed by atoms with van der Waals surface area (Å²) in [6.45, 7) is 9.95. The van der Waals surface area contributed by atoms with Gasteiger partial charge in [-0.3, -0.25) is 9.89 Å². The highest BCUT2D eigenvalue weighted by Crippen LogP contribution is 2.30. The Balaban J connectivity index is 0.00000420. The summed E-state index contributed by atoms with van der Waals surface area (Å²) < 4.78 is 37.8. The van der Waals surface area contributed by atoms with E-state index >= 15 is 0 Å². The van der Waals surface area contributed by atoms with Crippen molar-refractivity contribution in [2.24, 2.45) is 10.9 Å². The van der Waals surface area contributed by atoms with Crippen LogP contribution in [-0.4, -0.2) is 80.1 Å². The van der Waals surface area contributed by atoms with Gasteiger partial charge in [-0.1, -0.05) is 13.8 Å². The van der Waals surface area contributed by atoms with E-state index < -0.39 is 11.9 Å². The number of nitrogens with zero attached hydrogens (tertiary/aromatic N) is 4. The van der Waals surface area contributed by atoms with Crippen LogP contribution in [0.1, 0.15) is 24.5 Å². The van der Waals surface area contributed by atoms with Crippen molar-refractivity contribution < 1.29 is 13.2 Å². The standard InChI is InChI=1S/C18H31F3N6S.HI/c1-13(2)14(27-9-7-26(4)8-10-27)11-24-17(22-3)23-6-5-16-25-15(12-28-16)18(19,20)21;/h12-14H,5-11H2,1-4H3,(H2,22,23,24);1H. The summed E-state index contributed by atoms with van der Waals surface area (Å²) in [5.74, 6) is 1.16. The lowest BCUT2D eigenvalue weighted by atomic mass is 10.0. The zero-order valence-electron chi connectivity index (χ0n) is 17.4. The highest BCUT2D eigenvalue weighted by Gasteiger charge is 2.33. The maximum Gasteiger partial charge on any atom is 0.434 e. The number of likely N-dealkylation sites (N-methyl/N-ethyl adjacent to an activating group) is 1. The van der Waals surface area contributed by atoms with E-state index in [1.807, 2.05) is 0 Å². The Morgan fingerprint density at radius 2 is 1.90 bits per heavy atom. The number of halogens is 4. The summed E-state index contributed by atoms with van der Waals surface area (Å²) in [6.07, 6.45) is -3.96. The van der Waals surface area contributed by atoms with Crippen LogP contribution in [0, 0.1) is 5.92 Å². The second kappa shape index (κ2) is 12.3. The minimum absolute atomic E-state index is 0. The molecule has 0 aliphatic carbocycles. The van der Waals surface area contributed by atoms with Crippen LogP contribution in [0.25, 0.3) is 0 Å². The summed E-state index contributed by atoms with van der Waals surface area (Å²) in [5.41, 5.74) is -0.818. The van der Waals surface area contributed by atoms with Gasteiger partial charge in [-0.2, -0.15) is 13.2 Å². The van der Waals surface area contributed by atoms with E-state index in [9.17, 15) is 13.2 Å². The Morgan fingerprint density at radius 3 is 2.41 bits per heavy atom. The molecule has 1 unspecified atom stereocenters. The van der Waals surface area contributed by atoms with Crippen molar-refractivity contribution in [3.8, 4) is 0 Å². The van der Waals surface area contributed by atoms with Crippen LogP contribution in [0.4, 0.5) is 13.2 Å². The lowest BCUT2D eigenvalue weighted by Gasteiger charge is -2.40. The average Bonchev–Trinajstić information content (AvgIpc) is 3.11. The van der Waals surface area contributed by atoms with Gasteiger partial charge in [-0.25, -0.2) is 4.98 Å². The fraction of sp³-hybridized carbons (Fsp3) is 0.778. The average molecular weight is 548 g/mol. The molecule has 2 heterocycles. The van der Waals surface area contributed by atoms with Crippen LogP contribution in [0.2, 0.25) is 0 Å². The third-order valence-electron chi connectivity index (χ3n) is 4.95. The van der Waals surface area contributed by atoms with E-state index in [-0.39, 0.29) is 24.0 Å². The molecule has 29 heavy (non-hydrogen) atoms. The molecule has 1 atom stereocenters. The van der Waals surface area contributed by atoms with Crippen LogP contribution in [0.5, 0.6) is 0 Å². The molecule has 1 aliphatic rings. The molecule has 0 aromatic carbocycles. The molecule has 1 saturated heterocycles. The third kappa shape index (κ3) is 8.54. The quantitative estimate of drug-likeness (QED) is 0.312. The minimum Gasteiger partial charge on any atom is -0.356 e. The van der Waals surface area contributed by atoms with Gasteiger partial charge in [0, 0.05) is 64.2 Å².